The number of allylic oxidation sites excluding steroid dienone is 2. The van der Waals surface area contributed by atoms with Gasteiger partial charge in [-0.25, -0.2) is 23.0 Å². The Hall–Kier alpha value is -2.50. The fourth-order valence-corrected chi connectivity index (χ4v) is 6.65. The van der Waals surface area contributed by atoms with Crippen molar-refractivity contribution < 1.29 is 17.7 Å². The van der Waals surface area contributed by atoms with Crippen molar-refractivity contribution in [1.82, 2.24) is 14.9 Å². The number of thioether (sulfide) groups is 1. The fraction of sp³-hybridized carbons (Fsp3) is 0.517. The minimum Gasteiger partial charge on any atom is -0.460 e. The number of hydrogen-bond donors (Lipinski definition) is 2. The van der Waals surface area contributed by atoms with Crippen LogP contribution in [0.4, 0.5) is 20.4 Å². The van der Waals surface area contributed by atoms with Crippen molar-refractivity contribution in [1.29, 1.82) is 0 Å². The van der Waals surface area contributed by atoms with Gasteiger partial charge in [-0.2, -0.15) is 0 Å². The number of halogens is 2. The summed E-state index contributed by atoms with van der Waals surface area (Å²) in [5, 5.41) is 3.45. The smallest absolute Gasteiger partial charge is 0.223 e. The monoisotopic (exact) mass is 591 g/mol. The summed E-state index contributed by atoms with van der Waals surface area (Å²) in [6.45, 7) is 12.0. The van der Waals surface area contributed by atoms with Crippen LogP contribution in [0.2, 0.25) is 0 Å². The van der Waals surface area contributed by atoms with Crippen molar-refractivity contribution >= 4 is 39.3 Å². The number of nitrogens with zero attached hydrogens (tertiary/aromatic N) is 3. The zero-order chi connectivity index (χ0) is 28.8. The summed E-state index contributed by atoms with van der Waals surface area (Å²) in [6, 6.07) is 4.30. The van der Waals surface area contributed by atoms with E-state index < -0.39 is 28.3 Å². The number of hydrogen-bond acceptors (Lipinski definition) is 7. The van der Waals surface area contributed by atoms with Gasteiger partial charge in [-0.3, -0.25) is 4.72 Å². The number of nitrogens with one attached hydrogen (secondary N) is 2. The van der Waals surface area contributed by atoms with E-state index >= 15 is 8.78 Å². The lowest BCUT2D eigenvalue weighted by Gasteiger charge is -2.30. The maximum absolute atomic E-state index is 15.0. The first-order chi connectivity index (χ1) is 19.1. The average Bonchev–Trinajstić information content (AvgIpc) is 3.72. The highest BCUT2D eigenvalue weighted by molar-refractivity contribution is 8.11. The van der Waals surface area contributed by atoms with Crippen molar-refractivity contribution in [3.8, 4) is 5.75 Å². The quantitative estimate of drug-likeness (QED) is 0.248. The topological polar surface area (TPSA) is 79.4 Å². The Bertz CT molecular complexity index is 1250. The summed E-state index contributed by atoms with van der Waals surface area (Å²) in [4.78, 5) is 13.1. The van der Waals surface area contributed by atoms with Gasteiger partial charge in [-0.1, -0.05) is 32.2 Å². The molecule has 2 fully saturated rings. The Kier molecular flexibility index (Phi) is 10.6. The molecule has 0 amide bonds. The van der Waals surface area contributed by atoms with Crippen molar-refractivity contribution in [3.63, 3.8) is 0 Å². The van der Waals surface area contributed by atoms with E-state index in [-0.39, 0.29) is 17.7 Å². The summed E-state index contributed by atoms with van der Waals surface area (Å²) in [5.74, 6) is 0.00685. The number of piperidine rings is 1. The van der Waals surface area contributed by atoms with E-state index in [1.165, 1.54) is 11.8 Å². The van der Waals surface area contributed by atoms with E-state index in [2.05, 4.69) is 33.5 Å². The molecule has 11 heteroatoms. The molecule has 1 aliphatic heterocycles. The van der Waals surface area contributed by atoms with Crippen LogP contribution in [0.1, 0.15) is 58.6 Å². The number of likely N-dealkylation sites (N-methyl/N-ethyl adjacent to an activating group) is 1. The van der Waals surface area contributed by atoms with Gasteiger partial charge >= 0.3 is 0 Å². The SMILES string of the molecule is C=C(C)S/C(=C(/Oc1cc(F)c(NS(=O)CC2CC2)c(F)c1)C(C)CC)c1ccnc(NC2CCCN(C)C2)n1. The molecule has 40 heavy (non-hydrogen) atoms. The third kappa shape index (κ3) is 8.50. The van der Waals surface area contributed by atoms with Gasteiger partial charge in [-0.15, -0.1) is 0 Å². The van der Waals surface area contributed by atoms with E-state index in [0.717, 1.165) is 62.2 Å². The Balaban J connectivity index is 1.64. The first-order valence-corrected chi connectivity index (χ1v) is 15.9. The Morgan fingerprint density at radius 1 is 1.30 bits per heavy atom. The van der Waals surface area contributed by atoms with Gasteiger partial charge in [0.2, 0.25) is 5.95 Å². The predicted octanol–water partition coefficient (Wildman–Crippen LogP) is 6.81. The van der Waals surface area contributed by atoms with Gasteiger partial charge in [0.15, 0.2) is 11.6 Å². The van der Waals surface area contributed by atoms with Gasteiger partial charge in [0, 0.05) is 42.6 Å². The molecule has 2 aliphatic rings. The average molecular weight is 592 g/mol. The molecule has 3 unspecified atom stereocenters. The fourth-order valence-electron chi connectivity index (χ4n) is 4.47. The van der Waals surface area contributed by atoms with E-state index in [1.807, 2.05) is 20.8 Å². The molecule has 1 saturated heterocycles. The molecule has 1 aromatic carbocycles. The number of benzene rings is 1. The molecule has 1 aliphatic carbocycles. The molecule has 1 aromatic heterocycles. The second-order valence-corrected chi connectivity index (χ2v) is 13.3. The van der Waals surface area contributed by atoms with Crippen LogP contribution in [-0.4, -0.2) is 51.0 Å². The van der Waals surface area contributed by atoms with Crippen LogP contribution in [0.25, 0.3) is 4.91 Å². The first-order valence-electron chi connectivity index (χ1n) is 13.8. The molecule has 4 rings (SSSR count). The Morgan fingerprint density at radius 2 is 2.02 bits per heavy atom. The molecule has 1 saturated carbocycles. The molecule has 7 nitrogen and oxygen atoms in total. The summed E-state index contributed by atoms with van der Waals surface area (Å²) in [7, 11) is 0.557. The minimum atomic E-state index is -1.55. The molecule has 2 N–H and O–H groups in total. The largest absolute Gasteiger partial charge is 0.460 e. The van der Waals surface area contributed by atoms with Gasteiger partial charge in [-0.05, 0) is 69.5 Å². The van der Waals surface area contributed by atoms with Crippen LogP contribution in [0.15, 0.2) is 41.6 Å². The van der Waals surface area contributed by atoms with Crippen molar-refractivity contribution in [2.45, 2.75) is 58.9 Å². The zero-order valence-corrected chi connectivity index (χ0v) is 25.3. The summed E-state index contributed by atoms with van der Waals surface area (Å²) < 4.78 is 51.0. The van der Waals surface area contributed by atoms with Crippen LogP contribution in [0.3, 0.4) is 0 Å². The molecule has 0 spiro atoms. The second kappa shape index (κ2) is 13.9. The van der Waals surface area contributed by atoms with Crippen LogP contribution >= 0.6 is 11.8 Å². The van der Waals surface area contributed by atoms with E-state index in [4.69, 9.17) is 9.72 Å². The first kappa shape index (κ1) is 30.5. The highest BCUT2D eigenvalue weighted by atomic mass is 32.2. The number of ether oxygens (including phenoxy) is 1. The maximum atomic E-state index is 15.0. The molecule has 218 valence electrons. The lowest BCUT2D eigenvalue weighted by atomic mass is 10.1. The van der Waals surface area contributed by atoms with E-state index in [9.17, 15) is 4.21 Å². The highest BCUT2D eigenvalue weighted by Gasteiger charge is 2.26. The van der Waals surface area contributed by atoms with Crippen molar-refractivity contribution in [2.75, 3.05) is 35.9 Å². The standard InChI is InChI=1S/C29H39F2N5O2S2/c1-6-19(4)27(38-22-14-23(30)26(24(31)15-22)35-40(37)17-20-9-10-20)28(39-18(2)3)25-11-12-32-29(34-25)33-21-8-7-13-36(5)16-21/h11-12,14-15,19-21,35H,2,6-10,13,16-17H2,1,3-5H3,(H,32,33,34)/b28-27+. The number of rotatable bonds is 13. The minimum absolute atomic E-state index is 0.0151. The lowest BCUT2D eigenvalue weighted by Crippen LogP contribution is -2.40. The van der Waals surface area contributed by atoms with Gasteiger partial charge in [0.25, 0.3) is 0 Å². The highest BCUT2D eigenvalue weighted by Crippen LogP contribution is 2.40. The third-order valence-electron chi connectivity index (χ3n) is 6.95. The maximum Gasteiger partial charge on any atom is 0.223 e. The summed E-state index contributed by atoms with van der Waals surface area (Å²) in [5.41, 5.74) is 0.233. The molecule has 2 heterocycles. The molecular weight excluding hydrogens is 552 g/mol. The van der Waals surface area contributed by atoms with Crippen LogP contribution < -0.4 is 14.8 Å². The summed E-state index contributed by atoms with van der Waals surface area (Å²) >= 11 is 1.40. The Morgan fingerprint density at radius 3 is 2.65 bits per heavy atom. The van der Waals surface area contributed by atoms with Crippen molar-refractivity contribution in [3.05, 3.63) is 59.0 Å². The van der Waals surface area contributed by atoms with Crippen LogP contribution in [-0.2, 0) is 11.0 Å². The number of anilines is 2. The lowest BCUT2D eigenvalue weighted by molar-refractivity contribution is 0.260. The third-order valence-corrected chi connectivity index (χ3v) is 9.12. The molecule has 3 atom stereocenters. The van der Waals surface area contributed by atoms with E-state index in [1.54, 1.807) is 12.3 Å². The second-order valence-electron chi connectivity index (χ2n) is 10.7. The summed E-state index contributed by atoms with van der Waals surface area (Å²) in [6.07, 6.45) is 6.58. The normalized spacial score (nSPS) is 19.9. The van der Waals surface area contributed by atoms with Gasteiger partial charge < -0.3 is 15.0 Å². The molecule has 2 aromatic rings. The van der Waals surface area contributed by atoms with Gasteiger partial charge in [0.1, 0.15) is 28.2 Å². The number of aromatic nitrogens is 2. The zero-order valence-electron chi connectivity index (χ0n) is 23.6. The predicted molar refractivity (Wildman–Crippen MR) is 161 cm³/mol. The molecular formula is C29H39F2N5O2S2. The van der Waals surface area contributed by atoms with Crippen LogP contribution in [0, 0.1) is 23.5 Å². The molecule has 0 radical (unpaired) electrons. The van der Waals surface area contributed by atoms with Crippen LogP contribution in [0.5, 0.6) is 5.75 Å². The molecule has 0 bridgehead atoms. The number of likely N-dealkylation sites (tertiary alicyclic amines) is 1. The van der Waals surface area contributed by atoms with Crippen molar-refractivity contribution in [2.24, 2.45) is 11.8 Å². The Labute approximate surface area is 242 Å². The van der Waals surface area contributed by atoms with Gasteiger partial charge in [0.05, 0.1) is 10.6 Å². The van der Waals surface area contributed by atoms with E-state index in [0.29, 0.717) is 34.0 Å².